The summed E-state index contributed by atoms with van der Waals surface area (Å²) in [6, 6.07) is 0. The van der Waals surface area contributed by atoms with Gasteiger partial charge in [-0.25, -0.2) is 0 Å². The van der Waals surface area contributed by atoms with Crippen molar-refractivity contribution in [2.75, 3.05) is 26.3 Å². The number of aromatic nitrogens is 2. The largest absolute Gasteiger partial charge is 0.382 e. The Labute approximate surface area is 114 Å². The minimum atomic E-state index is 0.798. The molecule has 0 saturated heterocycles. The van der Waals surface area contributed by atoms with Crippen LogP contribution >= 0.6 is 11.3 Å². The van der Waals surface area contributed by atoms with Crippen molar-refractivity contribution in [2.24, 2.45) is 0 Å². The molecule has 0 fully saturated rings. The van der Waals surface area contributed by atoms with Gasteiger partial charge in [-0.15, -0.1) is 21.5 Å². The van der Waals surface area contributed by atoms with E-state index in [4.69, 9.17) is 4.74 Å². The van der Waals surface area contributed by atoms with Gasteiger partial charge in [-0.1, -0.05) is 6.92 Å². The smallest absolute Gasteiger partial charge is 0.117 e. The van der Waals surface area contributed by atoms with Crippen molar-refractivity contribution >= 4 is 11.3 Å². The number of ether oxygens (including phenoxy) is 1. The lowest BCUT2D eigenvalue weighted by Crippen LogP contribution is -2.16. The van der Waals surface area contributed by atoms with Gasteiger partial charge in [0.25, 0.3) is 0 Å². The Morgan fingerprint density at radius 2 is 1.78 bits per heavy atom. The number of nitrogens with one attached hydrogen (secondary N) is 1. The maximum absolute atomic E-state index is 5.31. The van der Waals surface area contributed by atoms with Crippen molar-refractivity contribution < 1.29 is 4.74 Å². The van der Waals surface area contributed by atoms with Crippen LogP contribution in [0, 0.1) is 0 Å². The van der Waals surface area contributed by atoms with E-state index >= 15 is 0 Å². The Morgan fingerprint density at radius 3 is 2.44 bits per heavy atom. The molecule has 4 nitrogen and oxygen atoms in total. The van der Waals surface area contributed by atoms with E-state index in [9.17, 15) is 0 Å². The molecule has 1 heterocycles. The quantitative estimate of drug-likeness (QED) is 0.628. The predicted molar refractivity (Wildman–Crippen MR) is 76.2 cm³/mol. The van der Waals surface area contributed by atoms with Crippen LogP contribution in [0.25, 0.3) is 0 Å². The second-order valence-electron chi connectivity index (χ2n) is 4.24. The lowest BCUT2D eigenvalue weighted by molar-refractivity contribution is 0.145. The fourth-order valence-electron chi connectivity index (χ4n) is 1.63. The van der Waals surface area contributed by atoms with Gasteiger partial charge < -0.3 is 10.1 Å². The SMILES string of the molecule is CCCNCCCc1nnc(CCCOCC)s1. The fourth-order valence-corrected chi connectivity index (χ4v) is 2.55. The van der Waals surface area contributed by atoms with Gasteiger partial charge in [-0.3, -0.25) is 0 Å². The van der Waals surface area contributed by atoms with Crippen LogP contribution < -0.4 is 5.32 Å². The third kappa shape index (κ3) is 7.03. The molecule has 5 heteroatoms. The zero-order chi connectivity index (χ0) is 13.1. The molecule has 0 aliphatic carbocycles. The number of rotatable bonds is 11. The highest BCUT2D eigenvalue weighted by molar-refractivity contribution is 7.11. The summed E-state index contributed by atoms with van der Waals surface area (Å²) in [4.78, 5) is 0. The van der Waals surface area contributed by atoms with Crippen LogP contribution in [-0.2, 0) is 17.6 Å². The number of aryl methyl sites for hydroxylation is 2. The topological polar surface area (TPSA) is 47.0 Å². The summed E-state index contributed by atoms with van der Waals surface area (Å²) in [5.41, 5.74) is 0. The summed E-state index contributed by atoms with van der Waals surface area (Å²) >= 11 is 1.75. The van der Waals surface area contributed by atoms with Crippen LogP contribution in [0.1, 0.15) is 43.1 Å². The Hall–Kier alpha value is -0.520. The highest BCUT2D eigenvalue weighted by atomic mass is 32.1. The van der Waals surface area contributed by atoms with Crippen molar-refractivity contribution in [3.8, 4) is 0 Å². The summed E-state index contributed by atoms with van der Waals surface area (Å²) in [6.07, 6.45) is 5.42. The van der Waals surface area contributed by atoms with Crippen LogP contribution in [-0.4, -0.2) is 36.5 Å². The first-order valence-corrected chi connectivity index (χ1v) is 7.78. The molecule has 0 unspecified atom stereocenters. The van der Waals surface area contributed by atoms with Gasteiger partial charge in [0.05, 0.1) is 0 Å². The van der Waals surface area contributed by atoms with Crippen molar-refractivity contribution in [2.45, 2.75) is 46.0 Å². The second-order valence-corrected chi connectivity index (χ2v) is 5.39. The average Bonchev–Trinajstić information content (AvgIpc) is 2.82. The molecule has 0 bridgehead atoms. The predicted octanol–water partition coefficient (Wildman–Crippen LogP) is 2.44. The van der Waals surface area contributed by atoms with Gasteiger partial charge >= 0.3 is 0 Å². The Balaban J connectivity index is 2.10. The molecule has 1 aromatic heterocycles. The molecule has 0 aromatic carbocycles. The van der Waals surface area contributed by atoms with Crippen molar-refractivity contribution in [1.29, 1.82) is 0 Å². The van der Waals surface area contributed by atoms with Crippen LogP contribution in [0.2, 0.25) is 0 Å². The van der Waals surface area contributed by atoms with E-state index in [0.29, 0.717) is 0 Å². The number of hydrogen-bond donors (Lipinski definition) is 1. The fraction of sp³-hybridized carbons (Fsp3) is 0.846. The molecule has 0 aliphatic heterocycles. The molecule has 1 N–H and O–H groups in total. The van der Waals surface area contributed by atoms with Gasteiger partial charge in [-0.05, 0) is 39.3 Å². The summed E-state index contributed by atoms with van der Waals surface area (Å²) in [7, 11) is 0. The van der Waals surface area contributed by atoms with E-state index in [1.54, 1.807) is 11.3 Å². The van der Waals surface area contributed by atoms with E-state index in [1.807, 2.05) is 6.92 Å². The first-order valence-electron chi connectivity index (χ1n) is 6.96. The van der Waals surface area contributed by atoms with Crippen molar-refractivity contribution in [1.82, 2.24) is 15.5 Å². The van der Waals surface area contributed by atoms with E-state index < -0.39 is 0 Å². The molecule has 18 heavy (non-hydrogen) atoms. The van der Waals surface area contributed by atoms with E-state index in [2.05, 4.69) is 22.4 Å². The molecule has 0 aliphatic rings. The lowest BCUT2D eigenvalue weighted by Gasteiger charge is -2.00. The summed E-state index contributed by atoms with van der Waals surface area (Å²) in [5.74, 6) is 0. The van der Waals surface area contributed by atoms with Gasteiger partial charge in [0, 0.05) is 26.1 Å². The van der Waals surface area contributed by atoms with E-state index in [0.717, 1.165) is 57.0 Å². The highest BCUT2D eigenvalue weighted by Gasteiger charge is 2.03. The normalized spacial score (nSPS) is 11.0. The molecule has 0 amide bonds. The molecule has 0 atom stereocenters. The van der Waals surface area contributed by atoms with Gasteiger partial charge in [0.15, 0.2) is 0 Å². The van der Waals surface area contributed by atoms with E-state index in [1.165, 1.54) is 11.4 Å². The van der Waals surface area contributed by atoms with Crippen LogP contribution in [0.5, 0.6) is 0 Å². The number of nitrogens with zero attached hydrogens (tertiary/aromatic N) is 2. The number of hydrogen-bond acceptors (Lipinski definition) is 5. The second kappa shape index (κ2) is 10.4. The molecule has 0 radical (unpaired) electrons. The van der Waals surface area contributed by atoms with Crippen molar-refractivity contribution in [3.63, 3.8) is 0 Å². The molecule has 0 spiro atoms. The summed E-state index contributed by atoms with van der Waals surface area (Å²) in [5, 5.41) is 14.2. The first-order chi connectivity index (χ1) is 8.86. The van der Waals surface area contributed by atoms with Gasteiger partial charge in [0.1, 0.15) is 10.0 Å². The van der Waals surface area contributed by atoms with Crippen LogP contribution in [0.3, 0.4) is 0 Å². The molecule has 1 rings (SSSR count). The Kier molecular flexibility index (Phi) is 8.98. The lowest BCUT2D eigenvalue weighted by atomic mass is 10.3. The minimum Gasteiger partial charge on any atom is -0.382 e. The molecule has 104 valence electrons. The maximum atomic E-state index is 5.31. The molecular formula is C13H25N3OS. The van der Waals surface area contributed by atoms with Crippen LogP contribution in [0.15, 0.2) is 0 Å². The van der Waals surface area contributed by atoms with E-state index in [-0.39, 0.29) is 0 Å². The third-order valence-electron chi connectivity index (χ3n) is 2.56. The minimum absolute atomic E-state index is 0.798. The average molecular weight is 271 g/mol. The first kappa shape index (κ1) is 15.5. The summed E-state index contributed by atoms with van der Waals surface area (Å²) < 4.78 is 5.31. The van der Waals surface area contributed by atoms with Gasteiger partial charge in [-0.2, -0.15) is 0 Å². The van der Waals surface area contributed by atoms with Crippen LogP contribution in [0.4, 0.5) is 0 Å². The van der Waals surface area contributed by atoms with Gasteiger partial charge in [0.2, 0.25) is 0 Å². The standard InChI is InChI=1S/C13H25N3OS/c1-3-9-14-10-5-7-12-15-16-13(18-12)8-6-11-17-4-2/h14H,3-11H2,1-2H3. The summed E-state index contributed by atoms with van der Waals surface area (Å²) in [6.45, 7) is 8.02. The molecule has 0 saturated carbocycles. The monoisotopic (exact) mass is 271 g/mol. The maximum Gasteiger partial charge on any atom is 0.117 e. The van der Waals surface area contributed by atoms with Crippen molar-refractivity contribution in [3.05, 3.63) is 10.0 Å². The zero-order valence-corrected chi connectivity index (χ0v) is 12.4. The Bertz CT molecular complexity index is 304. The molecular weight excluding hydrogens is 246 g/mol. The third-order valence-corrected chi connectivity index (χ3v) is 3.61. The zero-order valence-electron chi connectivity index (χ0n) is 11.6. The molecule has 1 aromatic rings. The Morgan fingerprint density at radius 1 is 1.06 bits per heavy atom. The highest BCUT2D eigenvalue weighted by Crippen LogP contribution is 2.13.